The molecule has 2 amide bonds. The van der Waals surface area contributed by atoms with Crippen LogP contribution in [0.4, 0.5) is 0 Å². The molecule has 1 aliphatic heterocycles. The summed E-state index contributed by atoms with van der Waals surface area (Å²) < 4.78 is 0. The van der Waals surface area contributed by atoms with Crippen LogP contribution in [0.3, 0.4) is 0 Å². The zero-order valence-corrected chi connectivity index (χ0v) is 16.1. The van der Waals surface area contributed by atoms with Gasteiger partial charge in [-0.1, -0.05) is 12.1 Å². The maximum atomic E-state index is 13.0. The normalized spacial score (nSPS) is 20.3. The molecule has 150 valence electrons. The molecule has 8 heteroatoms. The van der Waals surface area contributed by atoms with Gasteiger partial charge in [0.05, 0.1) is 17.6 Å². The molecule has 1 aliphatic carbocycles. The molecule has 30 heavy (non-hydrogen) atoms. The van der Waals surface area contributed by atoms with Gasteiger partial charge in [0.1, 0.15) is 0 Å². The first kappa shape index (κ1) is 18.2. The second kappa shape index (κ2) is 7.55. The molecule has 3 heterocycles. The van der Waals surface area contributed by atoms with Crippen LogP contribution in [0, 0.1) is 5.92 Å². The molecule has 1 aromatic carbocycles. The van der Waals surface area contributed by atoms with Crippen LogP contribution in [0.25, 0.3) is 22.0 Å². The molecular weight excluding hydrogens is 380 g/mol. The summed E-state index contributed by atoms with van der Waals surface area (Å²) >= 11 is 0. The van der Waals surface area contributed by atoms with Crippen LogP contribution in [-0.4, -0.2) is 45.3 Å². The molecule has 0 spiro atoms. The topological polar surface area (TPSA) is 112 Å². The van der Waals surface area contributed by atoms with Crippen molar-refractivity contribution in [3.05, 3.63) is 60.7 Å². The summed E-state index contributed by atoms with van der Waals surface area (Å²) in [6.45, 7) is 0. The van der Waals surface area contributed by atoms with Crippen molar-refractivity contribution in [2.75, 3.05) is 0 Å². The number of fused-ring (bicyclic) bond motifs is 1. The summed E-state index contributed by atoms with van der Waals surface area (Å²) in [5, 5.41) is 13.8. The smallest absolute Gasteiger partial charge is 0.273 e. The van der Waals surface area contributed by atoms with E-state index >= 15 is 0 Å². The van der Waals surface area contributed by atoms with E-state index in [0.29, 0.717) is 5.69 Å². The van der Waals surface area contributed by atoms with Gasteiger partial charge in [-0.25, -0.2) is 0 Å². The Bertz CT molecular complexity index is 1160. The third kappa shape index (κ3) is 3.59. The molecule has 2 aromatic heterocycles. The first-order valence-corrected chi connectivity index (χ1v) is 9.89. The van der Waals surface area contributed by atoms with E-state index in [2.05, 4.69) is 30.8 Å². The summed E-state index contributed by atoms with van der Waals surface area (Å²) in [4.78, 5) is 33.4. The van der Waals surface area contributed by atoms with Crippen LogP contribution in [0.5, 0.6) is 0 Å². The second-order valence-corrected chi connectivity index (χ2v) is 7.52. The minimum Gasteiger partial charge on any atom is -0.347 e. The molecular formula is C22H20N6O2. The van der Waals surface area contributed by atoms with Gasteiger partial charge < -0.3 is 10.6 Å². The van der Waals surface area contributed by atoms with Crippen molar-refractivity contribution in [3.63, 3.8) is 0 Å². The van der Waals surface area contributed by atoms with Gasteiger partial charge in [0, 0.05) is 41.7 Å². The van der Waals surface area contributed by atoms with Crippen molar-refractivity contribution < 1.29 is 9.59 Å². The highest BCUT2D eigenvalue weighted by Gasteiger charge is 2.33. The average Bonchev–Trinajstić information content (AvgIpc) is 3.55. The zero-order chi connectivity index (χ0) is 20.5. The summed E-state index contributed by atoms with van der Waals surface area (Å²) in [6, 6.07) is 8.83. The Balaban J connectivity index is 1.38. The van der Waals surface area contributed by atoms with Crippen LogP contribution in [-0.2, 0) is 4.79 Å². The van der Waals surface area contributed by atoms with Crippen molar-refractivity contribution in [1.82, 2.24) is 25.8 Å². The van der Waals surface area contributed by atoms with E-state index in [4.69, 9.17) is 0 Å². The maximum absolute atomic E-state index is 13.0. The Morgan fingerprint density at radius 3 is 2.77 bits per heavy atom. The van der Waals surface area contributed by atoms with Crippen LogP contribution in [0.2, 0.25) is 0 Å². The van der Waals surface area contributed by atoms with Gasteiger partial charge in [-0.2, -0.15) is 5.10 Å². The van der Waals surface area contributed by atoms with Crippen molar-refractivity contribution >= 4 is 28.9 Å². The fourth-order valence-electron chi connectivity index (χ4n) is 3.51. The quantitative estimate of drug-likeness (QED) is 0.609. The molecule has 0 radical (unpaired) electrons. The number of benzene rings is 1. The number of aromatic nitrogens is 3. The van der Waals surface area contributed by atoms with Crippen LogP contribution >= 0.6 is 0 Å². The van der Waals surface area contributed by atoms with Gasteiger partial charge in [-0.3, -0.25) is 24.7 Å². The zero-order valence-electron chi connectivity index (χ0n) is 16.1. The van der Waals surface area contributed by atoms with E-state index in [1.807, 2.05) is 30.3 Å². The Morgan fingerprint density at radius 2 is 1.97 bits per heavy atom. The molecule has 2 unspecified atom stereocenters. The number of amides is 2. The van der Waals surface area contributed by atoms with Crippen LogP contribution < -0.4 is 10.6 Å². The lowest BCUT2D eigenvalue weighted by molar-refractivity contribution is -0.122. The number of carbonyl (C=O) groups excluding carboxylic acids is 2. The van der Waals surface area contributed by atoms with Crippen molar-refractivity contribution in [1.29, 1.82) is 0 Å². The second-order valence-electron chi connectivity index (χ2n) is 7.52. The number of rotatable bonds is 5. The number of pyridine rings is 1. The first-order valence-electron chi connectivity index (χ1n) is 9.89. The van der Waals surface area contributed by atoms with Crippen molar-refractivity contribution in [2.45, 2.75) is 24.9 Å². The standard InChI is InChI=1S/C22H20N6O2/c29-21(13-3-4-13)25-18-7-9-24-12-19(18)26-22(30)20-16-10-14(5-6-17(16)27-28-20)15-2-1-8-23-11-15/h1-2,5-13,18-19H,3-4H2,(H,25,29)(H,26,30)(H,27,28). The number of hydrogen-bond donors (Lipinski definition) is 3. The number of hydrogen-bond acceptors (Lipinski definition) is 5. The highest BCUT2D eigenvalue weighted by Crippen LogP contribution is 2.29. The third-order valence-electron chi connectivity index (χ3n) is 5.34. The predicted molar refractivity (Wildman–Crippen MR) is 113 cm³/mol. The molecule has 0 saturated heterocycles. The average molecular weight is 400 g/mol. The number of carbonyl (C=O) groups is 2. The molecule has 0 bridgehead atoms. The lowest BCUT2D eigenvalue weighted by Crippen LogP contribution is -2.52. The molecule has 3 aromatic rings. The van der Waals surface area contributed by atoms with Gasteiger partial charge in [-0.05, 0) is 42.7 Å². The van der Waals surface area contributed by atoms with E-state index in [1.165, 1.54) is 0 Å². The summed E-state index contributed by atoms with van der Waals surface area (Å²) in [6.07, 6.45) is 10.4. The molecule has 5 rings (SSSR count). The fourth-order valence-corrected chi connectivity index (χ4v) is 3.51. The minimum absolute atomic E-state index is 0.0190. The summed E-state index contributed by atoms with van der Waals surface area (Å²) in [5.74, 6) is -0.220. The molecule has 2 aliphatic rings. The first-order chi connectivity index (χ1) is 14.7. The Hall–Kier alpha value is -3.81. The largest absolute Gasteiger partial charge is 0.347 e. The number of nitrogens with zero attached hydrogens (tertiary/aromatic N) is 3. The van der Waals surface area contributed by atoms with Gasteiger partial charge in [0.2, 0.25) is 5.91 Å². The van der Waals surface area contributed by atoms with Crippen LogP contribution in [0.1, 0.15) is 23.3 Å². The van der Waals surface area contributed by atoms with Gasteiger partial charge in [0.15, 0.2) is 5.69 Å². The molecule has 2 atom stereocenters. The molecule has 3 N–H and O–H groups in total. The number of nitrogens with one attached hydrogen (secondary N) is 3. The molecule has 8 nitrogen and oxygen atoms in total. The Labute approximate surface area is 172 Å². The maximum Gasteiger partial charge on any atom is 0.273 e. The van der Waals surface area contributed by atoms with E-state index in [9.17, 15) is 9.59 Å². The van der Waals surface area contributed by atoms with Gasteiger partial charge in [0.25, 0.3) is 5.91 Å². The lowest BCUT2D eigenvalue weighted by Gasteiger charge is -2.25. The monoisotopic (exact) mass is 400 g/mol. The van der Waals surface area contributed by atoms with E-state index in [-0.39, 0.29) is 23.8 Å². The fraction of sp³-hybridized carbons (Fsp3) is 0.227. The molecule has 1 saturated carbocycles. The van der Waals surface area contributed by atoms with Crippen LogP contribution in [0.15, 0.2) is 60.0 Å². The highest BCUT2D eigenvalue weighted by molar-refractivity contribution is 6.06. The van der Waals surface area contributed by atoms with Crippen molar-refractivity contribution in [3.8, 4) is 11.1 Å². The minimum atomic E-state index is -0.446. The number of aliphatic imine (C=N–C) groups is 1. The van der Waals surface area contributed by atoms with E-state index < -0.39 is 6.04 Å². The van der Waals surface area contributed by atoms with Gasteiger partial charge in [-0.15, -0.1) is 0 Å². The van der Waals surface area contributed by atoms with Gasteiger partial charge >= 0.3 is 0 Å². The number of aromatic amines is 1. The predicted octanol–water partition coefficient (Wildman–Crippen LogP) is 2.22. The van der Waals surface area contributed by atoms with E-state index in [0.717, 1.165) is 34.9 Å². The Kier molecular flexibility index (Phi) is 4.59. The SMILES string of the molecule is O=C(NC1C=NC=CC1NC(=O)C1CC1)c1n[nH]c2ccc(-c3cccnc3)cc12. The van der Waals surface area contributed by atoms with E-state index in [1.54, 1.807) is 30.9 Å². The highest BCUT2D eigenvalue weighted by atomic mass is 16.2. The Morgan fingerprint density at radius 1 is 1.07 bits per heavy atom. The number of H-pyrrole nitrogens is 1. The summed E-state index contributed by atoms with van der Waals surface area (Å²) in [7, 11) is 0. The molecule has 1 fully saturated rings. The third-order valence-corrected chi connectivity index (χ3v) is 5.34. The van der Waals surface area contributed by atoms with Crippen molar-refractivity contribution in [2.24, 2.45) is 10.9 Å². The summed E-state index contributed by atoms with van der Waals surface area (Å²) in [5.41, 5.74) is 2.97. The lowest BCUT2D eigenvalue weighted by atomic mass is 10.0.